The van der Waals surface area contributed by atoms with Crippen LogP contribution in [-0.2, 0) is 11.2 Å². The van der Waals surface area contributed by atoms with E-state index in [0.29, 0.717) is 0 Å². The fourth-order valence-electron chi connectivity index (χ4n) is 1.43. The van der Waals surface area contributed by atoms with Gasteiger partial charge < -0.3 is 14.9 Å². The maximum atomic E-state index is 9.38. The number of ether oxygens (including phenoxy) is 1. The molecule has 0 unspecified atom stereocenters. The fourth-order valence-corrected chi connectivity index (χ4v) is 1.43. The highest BCUT2D eigenvalue weighted by molar-refractivity contribution is 5.23. The zero-order valence-electron chi connectivity index (χ0n) is 9.02. The molecule has 2 N–H and O–H groups in total. The van der Waals surface area contributed by atoms with Gasteiger partial charge in [0.1, 0.15) is 0 Å². The number of methoxy groups -OCH3 is 1. The fraction of sp³-hybridized carbons (Fsp3) is 0.500. The van der Waals surface area contributed by atoms with Crippen LogP contribution in [-0.4, -0.2) is 23.9 Å². The van der Waals surface area contributed by atoms with Gasteiger partial charge in [0, 0.05) is 19.3 Å². The molecule has 0 aliphatic heterocycles. The average molecular weight is 210 g/mol. The Morgan fingerprint density at radius 3 is 2.40 bits per heavy atom. The summed E-state index contributed by atoms with van der Waals surface area (Å²) in [4.78, 5) is 0. The van der Waals surface area contributed by atoms with E-state index in [9.17, 15) is 5.11 Å². The highest BCUT2D eigenvalue weighted by atomic mass is 16.6. The highest BCUT2D eigenvalue weighted by Gasteiger charge is 2.04. The lowest BCUT2D eigenvalue weighted by Gasteiger charge is -2.09. The Morgan fingerprint density at radius 2 is 1.87 bits per heavy atom. The van der Waals surface area contributed by atoms with Gasteiger partial charge in [-0.15, -0.1) is 0 Å². The molecule has 84 valence electrons. The summed E-state index contributed by atoms with van der Waals surface area (Å²) in [7, 11) is 1.47. The Hall–Kier alpha value is -0.900. The highest BCUT2D eigenvalue weighted by Crippen LogP contribution is 2.15. The van der Waals surface area contributed by atoms with Crippen molar-refractivity contribution in [3.05, 3.63) is 35.4 Å². The number of hydrogen-bond acceptors (Lipinski definition) is 3. The van der Waals surface area contributed by atoms with E-state index in [1.807, 2.05) is 24.3 Å². The number of aliphatic hydroxyl groups excluding tert-OH is 2. The van der Waals surface area contributed by atoms with Crippen LogP contribution in [0, 0.1) is 0 Å². The van der Waals surface area contributed by atoms with Crippen molar-refractivity contribution in [2.75, 3.05) is 13.7 Å². The average Bonchev–Trinajstić information content (AvgIpc) is 2.29. The van der Waals surface area contributed by atoms with Gasteiger partial charge in [-0.1, -0.05) is 24.3 Å². The summed E-state index contributed by atoms with van der Waals surface area (Å²) in [5, 5.41) is 18.0. The molecule has 0 spiro atoms. The van der Waals surface area contributed by atoms with Crippen molar-refractivity contribution in [3.8, 4) is 0 Å². The number of aryl methyl sites for hydroxylation is 1. The Bertz CT molecular complexity index is 269. The zero-order chi connectivity index (χ0) is 11.1. The van der Waals surface area contributed by atoms with Crippen molar-refractivity contribution >= 4 is 0 Å². The molecule has 3 heteroatoms. The summed E-state index contributed by atoms with van der Waals surface area (Å²) in [5.41, 5.74) is 1.99. The first kappa shape index (κ1) is 12.2. The quantitative estimate of drug-likeness (QED) is 0.554. The summed E-state index contributed by atoms with van der Waals surface area (Å²) in [6, 6.07) is 7.69. The molecular weight excluding hydrogens is 192 g/mol. The summed E-state index contributed by atoms with van der Waals surface area (Å²) in [6.07, 6.45) is 1.95. The first-order valence-corrected chi connectivity index (χ1v) is 5.18. The van der Waals surface area contributed by atoms with Crippen molar-refractivity contribution in [2.45, 2.75) is 25.6 Å². The van der Waals surface area contributed by atoms with Crippen LogP contribution in [0.3, 0.4) is 0 Å². The van der Waals surface area contributed by atoms with Crippen LogP contribution in [0.5, 0.6) is 0 Å². The van der Waals surface area contributed by atoms with Crippen molar-refractivity contribution in [2.24, 2.45) is 0 Å². The van der Waals surface area contributed by atoms with E-state index < -0.39 is 6.29 Å². The van der Waals surface area contributed by atoms with Crippen LogP contribution in [0.1, 0.15) is 30.3 Å². The van der Waals surface area contributed by atoms with E-state index in [2.05, 4.69) is 0 Å². The number of hydrogen-bond donors (Lipinski definition) is 2. The second-order valence-corrected chi connectivity index (χ2v) is 3.51. The molecule has 0 bridgehead atoms. The van der Waals surface area contributed by atoms with Gasteiger partial charge in [0.25, 0.3) is 0 Å². The molecule has 0 aromatic heterocycles. The molecule has 1 aromatic rings. The molecule has 1 aromatic carbocycles. The van der Waals surface area contributed by atoms with Crippen molar-refractivity contribution in [1.82, 2.24) is 0 Å². The predicted molar refractivity (Wildman–Crippen MR) is 58.4 cm³/mol. The molecule has 3 nitrogen and oxygen atoms in total. The summed E-state index contributed by atoms with van der Waals surface area (Å²) in [5.74, 6) is 0. The van der Waals surface area contributed by atoms with Crippen LogP contribution >= 0.6 is 0 Å². The lowest BCUT2D eigenvalue weighted by molar-refractivity contribution is -0.0769. The first-order valence-electron chi connectivity index (χ1n) is 5.18. The molecule has 0 heterocycles. The maximum Gasteiger partial charge on any atom is 0.180 e. The Morgan fingerprint density at radius 1 is 1.20 bits per heavy atom. The minimum Gasteiger partial charge on any atom is -0.396 e. The van der Waals surface area contributed by atoms with Gasteiger partial charge in [-0.05, 0) is 24.8 Å². The molecule has 0 aliphatic carbocycles. The number of benzene rings is 1. The maximum absolute atomic E-state index is 9.38. The van der Waals surface area contributed by atoms with Crippen LogP contribution in [0.4, 0.5) is 0 Å². The molecule has 15 heavy (non-hydrogen) atoms. The first-order chi connectivity index (χ1) is 7.27. The minimum absolute atomic E-state index is 0.250. The van der Waals surface area contributed by atoms with E-state index in [1.54, 1.807) is 0 Å². The SMILES string of the molecule is CO[C@@H](O)c1ccc(CCCCO)cc1. The molecule has 0 aliphatic rings. The van der Waals surface area contributed by atoms with E-state index in [1.165, 1.54) is 12.7 Å². The second-order valence-electron chi connectivity index (χ2n) is 3.51. The molecule has 1 rings (SSSR count). The Kier molecular flexibility index (Phi) is 5.32. The van der Waals surface area contributed by atoms with Gasteiger partial charge in [0.2, 0.25) is 0 Å². The van der Waals surface area contributed by atoms with Crippen molar-refractivity contribution in [3.63, 3.8) is 0 Å². The Balaban J connectivity index is 2.49. The van der Waals surface area contributed by atoms with Gasteiger partial charge in [0.15, 0.2) is 6.29 Å². The Labute approximate surface area is 90.3 Å². The topological polar surface area (TPSA) is 49.7 Å². The third-order valence-electron chi connectivity index (χ3n) is 2.36. The van der Waals surface area contributed by atoms with E-state index >= 15 is 0 Å². The third kappa shape index (κ3) is 4.00. The van der Waals surface area contributed by atoms with Crippen molar-refractivity contribution < 1.29 is 14.9 Å². The molecule has 0 saturated heterocycles. The van der Waals surface area contributed by atoms with Gasteiger partial charge in [-0.25, -0.2) is 0 Å². The van der Waals surface area contributed by atoms with Crippen LogP contribution in [0.25, 0.3) is 0 Å². The van der Waals surface area contributed by atoms with E-state index in [0.717, 1.165) is 24.8 Å². The molecule has 1 atom stereocenters. The lowest BCUT2D eigenvalue weighted by Crippen LogP contribution is -1.99. The second kappa shape index (κ2) is 6.56. The molecular formula is C12H18O3. The van der Waals surface area contributed by atoms with E-state index in [-0.39, 0.29) is 6.61 Å². The van der Waals surface area contributed by atoms with Gasteiger partial charge in [-0.3, -0.25) is 0 Å². The summed E-state index contributed by atoms with van der Waals surface area (Å²) >= 11 is 0. The lowest BCUT2D eigenvalue weighted by atomic mass is 10.1. The largest absolute Gasteiger partial charge is 0.396 e. The normalized spacial score (nSPS) is 12.7. The molecule has 0 fully saturated rings. The number of rotatable bonds is 6. The van der Waals surface area contributed by atoms with E-state index in [4.69, 9.17) is 9.84 Å². The smallest absolute Gasteiger partial charge is 0.180 e. The monoisotopic (exact) mass is 210 g/mol. The molecule has 0 radical (unpaired) electrons. The predicted octanol–water partition coefficient (Wildman–Crippen LogP) is 1.64. The number of unbranched alkanes of at least 4 members (excludes halogenated alkanes) is 1. The van der Waals surface area contributed by atoms with Gasteiger partial charge in [0.05, 0.1) is 0 Å². The minimum atomic E-state index is -0.837. The zero-order valence-corrected chi connectivity index (χ0v) is 9.02. The summed E-state index contributed by atoms with van der Waals surface area (Å²) < 4.78 is 4.80. The molecule has 0 amide bonds. The van der Waals surface area contributed by atoms with Crippen LogP contribution in [0.2, 0.25) is 0 Å². The van der Waals surface area contributed by atoms with Crippen LogP contribution in [0.15, 0.2) is 24.3 Å². The molecule has 0 saturated carbocycles. The van der Waals surface area contributed by atoms with Gasteiger partial charge >= 0.3 is 0 Å². The third-order valence-corrected chi connectivity index (χ3v) is 2.36. The standard InChI is InChI=1S/C12H18O3/c1-15-12(14)11-7-5-10(6-8-11)4-2-3-9-13/h5-8,12-14H,2-4,9H2,1H3/t12-/m1/s1. The van der Waals surface area contributed by atoms with Crippen molar-refractivity contribution in [1.29, 1.82) is 0 Å². The van der Waals surface area contributed by atoms with Gasteiger partial charge in [-0.2, -0.15) is 0 Å². The summed E-state index contributed by atoms with van der Waals surface area (Å²) in [6.45, 7) is 0.250. The van der Waals surface area contributed by atoms with Crippen LogP contribution < -0.4 is 0 Å². The number of aliphatic hydroxyl groups is 2.